The van der Waals surface area contributed by atoms with Gasteiger partial charge in [-0.15, -0.1) is 12.4 Å². The maximum absolute atomic E-state index is 12.9. The molecular formula is C19H23ClN2O3. The highest BCUT2D eigenvalue weighted by Gasteiger charge is 2.33. The number of fused-ring (bicyclic) bond motifs is 2. The first kappa shape index (κ1) is 17.8. The van der Waals surface area contributed by atoms with E-state index in [9.17, 15) is 4.79 Å². The first-order valence-corrected chi connectivity index (χ1v) is 8.59. The molecule has 0 radical (unpaired) electrons. The summed E-state index contributed by atoms with van der Waals surface area (Å²) in [6.45, 7) is 1.88. The van der Waals surface area contributed by atoms with E-state index in [1.165, 1.54) is 6.42 Å². The van der Waals surface area contributed by atoms with E-state index >= 15 is 0 Å². The Kier molecular flexibility index (Phi) is 5.66. The maximum atomic E-state index is 12.9. The van der Waals surface area contributed by atoms with E-state index in [0.717, 1.165) is 37.2 Å². The Hall–Kier alpha value is -1.98. The molecule has 0 saturated carbocycles. The summed E-state index contributed by atoms with van der Waals surface area (Å²) in [5.41, 5.74) is 0.797. The molecule has 1 aromatic heterocycles. The van der Waals surface area contributed by atoms with Crippen LogP contribution < -0.4 is 10.1 Å². The molecule has 1 amide bonds. The summed E-state index contributed by atoms with van der Waals surface area (Å²) >= 11 is 0. The number of hydrogen-bond donors (Lipinski definition) is 1. The summed E-state index contributed by atoms with van der Waals surface area (Å²) in [6, 6.07) is 12.4. The van der Waals surface area contributed by atoms with Crippen LogP contribution in [0.2, 0.25) is 0 Å². The molecule has 25 heavy (non-hydrogen) atoms. The molecule has 1 aromatic carbocycles. The van der Waals surface area contributed by atoms with Crippen LogP contribution in [0.4, 0.5) is 0 Å². The highest BCUT2D eigenvalue weighted by molar-refractivity contribution is 5.93. The van der Waals surface area contributed by atoms with Gasteiger partial charge in [-0.2, -0.15) is 0 Å². The molecule has 3 heterocycles. The highest BCUT2D eigenvalue weighted by Crippen LogP contribution is 2.23. The third kappa shape index (κ3) is 3.99. The molecule has 2 atom stereocenters. The number of carbonyl (C=O) groups is 1. The smallest absolute Gasteiger partial charge is 0.290 e. The second-order valence-electron chi connectivity index (χ2n) is 6.55. The molecule has 4 rings (SSSR count). The van der Waals surface area contributed by atoms with E-state index in [2.05, 4.69) is 5.32 Å². The van der Waals surface area contributed by atoms with Crippen molar-refractivity contribution in [1.29, 1.82) is 0 Å². The van der Waals surface area contributed by atoms with Gasteiger partial charge in [0.2, 0.25) is 0 Å². The summed E-state index contributed by atoms with van der Waals surface area (Å²) in [6.07, 6.45) is 4.96. The molecule has 1 N–H and O–H groups in total. The van der Waals surface area contributed by atoms with Gasteiger partial charge < -0.3 is 19.4 Å². The summed E-state index contributed by atoms with van der Waals surface area (Å²) in [7, 11) is 0. The normalized spacial score (nSPS) is 22.2. The molecule has 2 aliphatic heterocycles. The monoisotopic (exact) mass is 362 g/mol. The Bertz CT molecular complexity index is 704. The third-order valence-electron chi connectivity index (χ3n) is 4.89. The minimum absolute atomic E-state index is 0. The van der Waals surface area contributed by atoms with Crippen LogP contribution in [0, 0.1) is 0 Å². The van der Waals surface area contributed by atoms with Crippen LogP contribution in [-0.4, -0.2) is 36.0 Å². The molecule has 0 aliphatic carbocycles. The predicted octanol–water partition coefficient (Wildman–Crippen LogP) is 3.25. The van der Waals surface area contributed by atoms with Crippen molar-refractivity contribution in [3.63, 3.8) is 0 Å². The zero-order valence-corrected chi connectivity index (χ0v) is 14.8. The Morgan fingerprint density at radius 2 is 1.96 bits per heavy atom. The summed E-state index contributed by atoms with van der Waals surface area (Å²) in [4.78, 5) is 14.8. The minimum Gasteiger partial charge on any atom is -0.489 e. The summed E-state index contributed by atoms with van der Waals surface area (Å²) in [5.74, 6) is 1.16. The number of nitrogens with one attached hydrogen (secondary N) is 1. The van der Waals surface area contributed by atoms with Crippen molar-refractivity contribution in [2.45, 2.75) is 38.0 Å². The highest BCUT2D eigenvalue weighted by atomic mass is 35.5. The van der Waals surface area contributed by atoms with E-state index < -0.39 is 0 Å². The van der Waals surface area contributed by atoms with Crippen LogP contribution in [-0.2, 0) is 6.61 Å². The Labute approximate surface area is 153 Å². The largest absolute Gasteiger partial charge is 0.489 e. The average Bonchev–Trinajstić information content (AvgIpc) is 3.19. The summed E-state index contributed by atoms with van der Waals surface area (Å²) < 4.78 is 11.3. The molecule has 6 heteroatoms. The van der Waals surface area contributed by atoms with Gasteiger partial charge in [0, 0.05) is 30.7 Å². The fourth-order valence-corrected chi connectivity index (χ4v) is 3.59. The molecule has 0 spiro atoms. The number of nitrogens with zero attached hydrogens (tertiary/aromatic N) is 1. The van der Waals surface area contributed by atoms with Crippen molar-refractivity contribution < 1.29 is 13.9 Å². The second-order valence-corrected chi connectivity index (χ2v) is 6.55. The first-order chi connectivity index (χ1) is 11.8. The lowest BCUT2D eigenvalue weighted by molar-refractivity contribution is 0.0712. The van der Waals surface area contributed by atoms with Gasteiger partial charge in [-0.25, -0.2) is 0 Å². The first-order valence-electron chi connectivity index (χ1n) is 8.59. The van der Waals surface area contributed by atoms with Crippen LogP contribution >= 0.6 is 12.4 Å². The van der Waals surface area contributed by atoms with Gasteiger partial charge in [0.05, 0.1) is 6.26 Å². The molecule has 134 valence electrons. The fourth-order valence-electron chi connectivity index (χ4n) is 3.59. The molecule has 2 aromatic rings. The number of ether oxygens (including phenoxy) is 1. The Morgan fingerprint density at radius 3 is 2.80 bits per heavy atom. The standard InChI is InChI=1S/C19H22N2O3.ClH/c22-19(21-10-8-15-6-7-16(12-21)20-15)18-14(9-11-23-18)13-24-17-4-2-1-3-5-17;/h1-5,9,11,15-16,20H,6-8,10,12-13H2;1H. The Morgan fingerprint density at radius 1 is 1.16 bits per heavy atom. The van der Waals surface area contributed by atoms with Crippen LogP contribution in [0.1, 0.15) is 35.4 Å². The van der Waals surface area contributed by atoms with Gasteiger partial charge in [-0.05, 0) is 37.5 Å². The topological polar surface area (TPSA) is 54.7 Å². The number of hydrogen-bond acceptors (Lipinski definition) is 4. The van der Waals surface area contributed by atoms with Crippen molar-refractivity contribution >= 4 is 18.3 Å². The van der Waals surface area contributed by atoms with Gasteiger partial charge >= 0.3 is 0 Å². The van der Waals surface area contributed by atoms with Gasteiger partial charge in [0.15, 0.2) is 5.76 Å². The van der Waals surface area contributed by atoms with E-state index in [-0.39, 0.29) is 18.3 Å². The van der Waals surface area contributed by atoms with E-state index in [4.69, 9.17) is 9.15 Å². The number of rotatable bonds is 4. The number of halogens is 1. The second kappa shape index (κ2) is 7.93. The molecule has 2 aliphatic rings. The number of carbonyl (C=O) groups excluding carboxylic acids is 1. The summed E-state index contributed by atoms with van der Waals surface area (Å²) in [5, 5.41) is 3.60. The number of likely N-dealkylation sites (tertiary alicyclic amines) is 1. The third-order valence-corrected chi connectivity index (χ3v) is 4.89. The van der Waals surface area contributed by atoms with Crippen molar-refractivity contribution in [3.8, 4) is 5.75 Å². The Balaban J connectivity index is 0.00000182. The average molecular weight is 363 g/mol. The molecule has 2 bridgehead atoms. The lowest BCUT2D eigenvalue weighted by atomic mass is 10.1. The molecule has 5 nitrogen and oxygen atoms in total. The maximum Gasteiger partial charge on any atom is 0.290 e. The van der Waals surface area contributed by atoms with Gasteiger partial charge in [0.1, 0.15) is 12.4 Å². The van der Waals surface area contributed by atoms with Gasteiger partial charge in [-0.1, -0.05) is 18.2 Å². The van der Waals surface area contributed by atoms with Crippen molar-refractivity contribution in [2.24, 2.45) is 0 Å². The molecular weight excluding hydrogens is 340 g/mol. The lowest BCUT2D eigenvalue weighted by Gasteiger charge is -2.23. The number of amides is 1. The van der Waals surface area contributed by atoms with E-state index in [1.54, 1.807) is 6.26 Å². The number of para-hydroxylation sites is 1. The van der Waals surface area contributed by atoms with Gasteiger partial charge in [0.25, 0.3) is 5.91 Å². The SMILES string of the molecule is Cl.O=C(c1occc1COc1ccccc1)N1CCC2CCC(C1)N2. The molecule has 2 unspecified atom stereocenters. The minimum atomic E-state index is -0.0268. The predicted molar refractivity (Wildman–Crippen MR) is 97.2 cm³/mol. The van der Waals surface area contributed by atoms with Crippen LogP contribution in [0.25, 0.3) is 0 Å². The fraction of sp³-hybridized carbons (Fsp3) is 0.421. The zero-order valence-electron chi connectivity index (χ0n) is 14.0. The number of benzene rings is 1. The van der Waals surface area contributed by atoms with Crippen LogP contribution in [0.3, 0.4) is 0 Å². The van der Waals surface area contributed by atoms with Gasteiger partial charge in [-0.3, -0.25) is 4.79 Å². The van der Waals surface area contributed by atoms with Crippen LogP contribution in [0.15, 0.2) is 47.1 Å². The van der Waals surface area contributed by atoms with Crippen molar-refractivity contribution in [2.75, 3.05) is 13.1 Å². The van der Waals surface area contributed by atoms with Crippen molar-refractivity contribution in [1.82, 2.24) is 10.2 Å². The molecule has 2 saturated heterocycles. The van der Waals surface area contributed by atoms with E-state index in [0.29, 0.717) is 24.5 Å². The number of furan rings is 1. The quantitative estimate of drug-likeness (QED) is 0.907. The zero-order chi connectivity index (χ0) is 16.4. The molecule has 2 fully saturated rings. The lowest BCUT2D eigenvalue weighted by Crippen LogP contribution is -2.39. The van der Waals surface area contributed by atoms with E-state index in [1.807, 2.05) is 41.3 Å². The van der Waals surface area contributed by atoms with Crippen molar-refractivity contribution in [3.05, 3.63) is 54.0 Å². The van der Waals surface area contributed by atoms with Crippen LogP contribution in [0.5, 0.6) is 5.75 Å².